The molecule has 0 aliphatic carbocycles. The molecule has 0 aliphatic rings. The Hall–Kier alpha value is -3.36. The molecule has 0 aliphatic heterocycles. The van der Waals surface area contributed by atoms with E-state index in [1.54, 1.807) is 19.1 Å². The number of hydrazone groups is 1. The summed E-state index contributed by atoms with van der Waals surface area (Å²) in [6.45, 7) is 1.65. The van der Waals surface area contributed by atoms with Crippen molar-refractivity contribution in [1.29, 1.82) is 0 Å². The van der Waals surface area contributed by atoms with E-state index in [0.29, 0.717) is 28.5 Å². The number of ether oxygens (including phenoxy) is 3. The van der Waals surface area contributed by atoms with Crippen LogP contribution in [0.15, 0.2) is 28.1 Å². The molecule has 0 bridgehead atoms. The molecule has 2 aromatic rings. The molecule has 9 nitrogen and oxygen atoms in total. The van der Waals surface area contributed by atoms with Gasteiger partial charge in [0.15, 0.2) is 11.5 Å². The second kappa shape index (κ2) is 7.95. The van der Waals surface area contributed by atoms with E-state index in [-0.39, 0.29) is 5.69 Å². The lowest BCUT2D eigenvalue weighted by Crippen LogP contribution is -2.24. The highest BCUT2D eigenvalue weighted by Gasteiger charge is 2.12. The molecule has 9 heteroatoms. The highest BCUT2D eigenvalue weighted by molar-refractivity contribution is 5.93. The van der Waals surface area contributed by atoms with E-state index in [1.165, 1.54) is 33.6 Å². The predicted octanol–water partition coefficient (Wildman–Crippen LogP) is 0.868. The van der Waals surface area contributed by atoms with Crippen molar-refractivity contribution in [3.8, 4) is 17.2 Å². The van der Waals surface area contributed by atoms with Gasteiger partial charge in [0, 0.05) is 11.3 Å². The fourth-order valence-corrected chi connectivity index (χ4v) is 2.09. The van der Waals surface area contributed by atoms with E-state index in [0.717, 1.165) is 0 Å². The zero-order valence-corrected chi connectivity index (χ0v) is 14.2. The summed E-state index contributed by atoms with van der Waals surface area (Å²) in [6.07, 6.45) is 1.41. The van der Waals surface area contributed by atoms with Gasteiger partial charge in [-0.3, -0.25) is 4.79 Å². The smallest absolute Gasteiger partial charge is 0.345 e. The number of hydrogen-bond acceptors (Lipinski definition) is 7. The second-order valence-electron chi connectivity index (χ2n) is 4.91. The average molecular weight is 346 g/mol. The van der Waals surface area contributed by atoms with Gasteiger partial charge in [-0.1, -0.05) is 0 Å². The molecule has 0 atom stereocenters. The number of aromatic amines is 1. The molecule has 0 saturated heterocycles. The summed E-state index contributed by atoms with van der Waals surface area (Å²) in [5.41, 5.74) is 2.83. The number of carbonyl (C=O) groups excluding carboxylic acids is 1. The van der Waals surface area contributed by atoms with Crippen molar-refractivity contribution in [3.63, 3.8) is 0 Å². The summed E-state index contributed by atoms with van der Waals surface area (Å²) >= 11 is 0. The van der Waals surface area contributed by atoms with Gasteiger partial charge in [0.05, 0.1) is 27.5 Å². The Morgan fingerprint density at radius 2 is 1.80 bits per heavy atom. The molecule has 2 N–H and O–H groups in total. The zero-order valence-electron chi connectivity index (χ0n) is 14.2. The monoisotopic (exact) mass is 346 g/mol. The topological polar surface area (TPSA) is 115 Å². The van der Waals surface area contributed by atoms with E-state index < -0.39 is 11.6 Å². The first kappa shape index (κ1) is 18.0. The molecule has 2 rings (SSSR count). The van der Waals surface area contributed by atoms with Crippen molar-refractivity contribution >= 4 is 12.1 Å². The standard InChI is InChI=1S/C16H18N4O5/c1-9-5-11(19-16(22)18-9)15(21)20-17-8-10-6-12(23-2)14(25-4)13(7-10)24-3/h5-8H,1-4H3,(H,20,21)(H,18,19,22)/b17-8+. The average Bonchev–Trinajstić information content (AvgIpc) is 2.59. The van der Waals surface area contributed by atoms with E-state index in [1.807, 2.05) is 0 Å². The van der Waals surface area contributed by atoms with E-state index in [4.69, 9.17) is 14.2 Å². The summed E-state index contributed by atoms with van der Waals surface area (Å²) in [6, 6.07) is 4.80. The fourth-order valence-electron chi connectivity index (χ4n) is 2.09. The number of amides is 1. The van der Waals surface area contributed by atoms with Crippen LogP contribution in [0.25, 0.3) is 0 Å². The maximum atomic E-state index is 12.0. The Bertz CT molecular complexity index is 835. The summed E-state index contributed by atoms with van der Waals surface area (Å²) < 4.78 is 15.7. The van der Waals surface area contributed by atoms with Crippen LogP contribution in [0, 0.1) is 6.92 Å². The number of nitrogens with one attached hydrogen (secondary N) is 2. The third-order valence-electron chi connectivity index (χ3n) is 3.18. The van der Waals surface area contributed by atoms with Crippen LogP contribution >= 0.6 is 0 Å². The van der Waals surface area contributed by atoms with Gasteiger partial charge in [0.2, 0.25) is 5.75 Å². The van der Waals surface area contributed by atoms with Crippen molar-refractivity contribution in [2.24, 2.45) is 5.10 Å². The molecule has 25 heavy (non-hydrogen) atoms. The summed E-state index contributed by atoms with van der Waals surface area (Å²) in [5, 5.41) is 3.85. The Balaban J connectivity index is 2.19. The molecular formula is C16H18N4O5. The molecule has 1 heterocycles. The second-order valence-corrected chi connectivity index (χ2v) is 4.91. The molecule has 0 fully saturated rings. The number of aromatic nitrogens is 2. The van der Waals surface area contributed by atoms with Gasteiger partial charge in [0.25, 0.3) is 5.91 Å². The first-order chi connectivity index (χ1) is 12.0. The third-order valence-corrected chi connectivity index (χ3v) is 3.18. The van der Waals surface area contributed by atoms with Crippen LogP contribution in [0.3, 0.4) is 0 Å². The van der Waals surface area contributed by atoms with E-state index in [9.17, 15) is 9.59 Å². The van der Waals surface area contributed by atoms with Crippen LogP contribution in [0.4, 0.5) is 0 Å². The van der Waals surface area contributed by atoms with Crippen LogP contribution in [0.5, 0.6) is 17.2 Å². The number of hydrogen-bond donors (Lipinski definition) is 2. The van der Waals surface area contributed by atoms with Crippen LogP contribution in [-0.4, -0.2) is 43.4 Å². The normalized spacial score (nSPS) is 10.6. The Morgan fingerprint density at radius 3 is 2.32 bits per heavy atom. The number of carbonyl (C=O) groups is 1. The minimum Gasteiger partial charge on any atom is -0.493 e. The third kappa shape index (κ3) is 4.34. The van der Waals surface area contributed by atoms with Gasteiger partial charge >= 0.3 is 5.69 Å². The maximum Gasteiger partial charge on any atom is 0.345 e. The lowest BCUT2D eigenvalue weighted by Gasteiger charge is -2.12. The molecule has 132 valence electrons. The first-order valence-electron chi connectivity index (χ1n) is 7.20. The highest BCUT2D eigenvalue weighted by atomic mass is 16.5. The maximum absolute atomic E-state index is 12.0. The lowest BCUT2D eigenvalue weighted by atomic mass is 10.2. The van der Waals surface area contributed by atoms with Gasteiger partial charge in [0.1, 0.15) is 5.69 Å². The number of methoxy groups -OCH3 is 3. The van der Waals surface area contributed by atoms with E-state index in [2.05, 4.69) is 20.5 Å². The van der Waals surface area contributed by atoms with Crippen molar-refractivity contribution in [3.05, 3.63) is 45.6 Å². The summed E-state index contributed by atoms with van der Waals surface area (Å²) in [7, 11) is 4.51. The Kier molecular flexibility index (Phi) is 5.72. The van der Waals surface area contributed by atoms with Crippen molar-refractivity contribution < 1.29 is 19.0 Å². The first-order valence-corrected chi connectivity index (χ1v) is 7.20. The van der Waals surface area contributed by atoms with Crippen molar-refractivity contribution in [2.45, 2.75) is 6.92 Å². The van der Waals surface area contributed by atoms with Crippen molar-refractivity contribution in [2.75, 3.05) is 21.3 Å². The Morgan fingerprint density at radius 1 is 1.16 bits per heavy atom. The van der Waals surface area contributed by atoms with Crippen LogP contribution in [0.2, 0.25) is 0 Å². The Labute approximate surface area is 143 Å². The van der Waals surface area contributed by atoms with Gasteiger partial charge in [-0.15, -0.1) is 0 Å². The summed E-state index contributed by atoms with van der Waals surface area (Å²) in [5.74, 6) is 0.773. The highest BCUT2D eigenvalue weighted by Crippen LogP contribution is 2.37. The molecule has 1 aromatic heterocycles. The molecule has 0 saturated carbocycles. The molecule has 0 unspecified atom stereocenters. The summed E-state index contributed by atoms with van der Waals surface area (Å²) in [4.78, 5) is 29.3. The van der Waals surface area contributed by atoms with Gasteiger partial charge in [-0.2, -0.15) is 10.1 Å². The molecule has 0 radical (unpaired) electrons. The van der Waals surface area contributed by atoms with Crippen LogP contribution in [-0.2, 0) is 0 Å². The SMILES string of the molecule is COc1cc(/C=N/NC(=O)c2cc(C)[nH]c(=O)n2)cc(OC)c1OC. The molecule has 1 amide bonds. The lowest BCUT2D eigenvalue weighted by molar-refractivity contribution is 0.0949. The van der Waals surface area contributed by atoms with Crippen LogP contribution in [0.1, 0.15) is 21.7 Å². The minimum atomic E-state index is -0.599. The molecule has 1 aromatic carbocycles. The van der Waals surface area contributed by atoms with Gasteiger partial charge < -0.3 is 19.2 Å². The number of rotatable bonds is 6. The molecular weight excluding hydrogens is 328 g/mol. The van der Waals surface area contributed by atoms with Gasteiger partial charge in [-0.05, 0) is 25.1 Å². The number of nitrogens with zero attached hydrogens (tertiary/aromatic N) is 2. The predicted molar refractivity (Wildman–Crippen MR) is 90.8 cm³/mol. The van der Waals surface area contributed by atoms with E-state index >= 15 is 0 Å². The largest absolute Gasteiger partial charge is 0.493 e. The van der Waals surface area contributed by atoms with Crippen molar-refractivity contribution in [1.82, 2.24) is 15.4 Å². The van der Waals surface area contributed by atoms with Crippen LogP contribution < -0.4 is 25.3 Å². The zero-order chi connectivity index (χ0) is 18.4. The molecule has 0 spiro atoms. The number of aryl methyl sites for hydroxylation is 1. The number of benzene rings is 1. The number of H-pyrrole nitrogens is 1. The minimum absolute atomic E-state index is 0.0247. The quantitative estimate of drug-likeness (QED) is 0.592. The van der Waals surface area contributed by atoms with Gasteiger partial charge in [-0.25, -0.2) is 10.2 Å². The fraction of sp³-hybridized carbons (Fsp3) is 0.250.